The number of para-hydroxylation sites is 2. The Morgan fingerprint density at radius 1 is 1.00 bits per heavy atom. The number of aromatic nitrogens is 1. The van der Waals surface area contributed by atoms with Crippen molar-refractivity contribution in [1.82, 2.24) is 14.8 Å². The van der Waals surface area contributed by atoms with E-state index >= 15 is 0 Å². The smallest absolute Gasteiger partial charge is 0.318 e. The van der Waals surface area contributed by atoms with Crippen LogP contribution in [0.3, 0.4) is 0 Å². The first-order chi connectivity index (χ1) is 16.2. The maximum absolute atomic E-state index is 14.1. The summed E-state index contributed by atoms with van der Waals surface area (Å²) in [5.41, 5.74) is 4.70. The molecule has 176 valence electrons. The van der Waals surface area contributed by atoms with E-state index in [4.69, 9.17) is 0 Å². The van der Waals surface area contributed by atoms with E-state index in [9.17, 15) is 9.59 Å². The quantitative estimate of drug-likeness (QED) is 0.587. The number of hydrogen-bond acceptors (Lipinski definition) is 2. The predicted molar refractivity (Wildman–Crippen MR) is 134 cm³/mol. The summed E-state index contributed by atoms with van der Waals surface area (Å²) >= 11 is 0. The Hall–Kier alpha value is -3.54. The molecule has 2 heterocycles. The molecule has 1 aliphatic heterocycles. The Morgan fingerprint density at radius 2 is 1.74 bits per heavy atom. The van der Waals surface area contributed by atoms with Gasteiger partial charge in [0.15, 0.2) is 0 Å². The van der Waals surface area contributed by atoms with Crippen molar-refractivity contribution in [3.05, 3.63) is 83.7 Å². The number of carbonyl (C=O) groups excluding carboxylic acids is 2. The van der Waals surface area contributed by atoms with Crippen LogP contribution < -0.4 is 10.2 Å². The van der Waals surface area contributed by atoms with Gasteiger partial charge in [-0.1, -0.05) is 42.0 Å². The number of carbonyl (C=O) groups is 2. The number of nitrogens with zero attached hydrogens (tertiary/aromatic N) is 3. The fourth-order valence-electron chi connectivity index (χ4n) is 4.79. The number of rotatable bonds is 4. The normalized spacial score (nSPS) is 17.1. The summed E-state index contributed by atoms with van der Waals surface area (Å²) in [4.78, 5) is 30.8. The summed E-state index contributed by atoms with van der Waals surface area (Å²) in [6, 6.07) is 20.1. The Morgan fingerprint density at radius 3 is 2.41 bits per heavy atom. The largest absolute Gasteiger partial charge is 0.333 e. The van der Waals surface area contributed by atoms with Gasteiger partial charge in [0.1, 0.15) is 12.6 Å². The van der Waals surface area contributed by atoms with E-state index in [1.165, 1.54) is 0 Å². The van der Waals surface area contributed by atoms with Gasteiger partial charge in [-0.05, 0) is 70.4 Å². The molecule has 3 amide bonds. The van der Waals surface area contributed by atoms with Gasteiger partial charge in [-0.3, -0.25) is 9.69 Å². The molecular formula is C28H32N4O2. The molecule has 1 N–H and O–H groups in total. The summed E-state index contributed by atoms with van der Waals surface area (Å²) in [6.07, 6.45) is 3.92. The average Bonchev–Trinajstić information content (AvgIpc) is 3.50. The summed E-state index contributed by atoms with van der Waals surface area (Å²) in [5, 5.41) is 3.04. The summed E-state index contributed by atoms with van der Waals surface area (Å²) < 4.78 is 2.16. The van der Waals surface area contributed by atoms with Crippen molar-refractivity contribution in [2.45, 2.75) is 58.2 Å². The minimum atomic E-state index is -0.365. The highest BCUT2D eigenvalue weighted by Crippen LogP contribution is 2.42. The third-order valence-corrected chi connectivity index (χ3v) is 6.38. The van der Waals surface area contributed by atoms with E-state index in [0.29, 0.717) is 0 Å². The van der Waals surface area contributed by atoms with Crippen molar-refractivity contribution in [1.29, 1.82) is 0 Å². The Kier molecular flexibility index (Phi) is 5.47. The van der Waals surface area contributed by atoms with Crippen molar-refractivity contribution in [2.24, 2.45) is 0 Å². The first kappa shape index (κ1) is 22.3. The zero-order valence-corrected chi connectivity index (χ0v) is 20.3. The molecule has 5 rings (SSSR count). The lowest BCUT2D eigenvalue weighted by Crippen LogP contribution is -2.53. The van der Waals surface area contributed by atoms with Crippen molar-refractivity contribution in [3.63, 3.8) is 0 Å². The van der Waals surface area contributed by atoms with Crippen LogP contribution in [0.15, 0.2) is 66.9 Å². The number of aryl methyl sites for hydroxylation is 1. The van der Waals surface area contributed by atoms with Crippen LogP contribution in [0, 0.1) is 6.92 Å². The predicted octanol–water partition coefficient (Wildman–Crippen LogP) is 5.19. The van der Waals surface area contributed by atoms with Gasteiger partial charge in [0.25, 0.3) is 0 Å². The SMILES string of the molecule is Cc1cccc(C2c3cccn3-c3ccccc3N2C(=O)CN(C(=O)NC(C)(C)C)C2CC2)c1. The molecule has 1 aliphatic carbocycles. The number of amides is 3. The van der Waals surface area contributed by atoms with Crippen molar-refractivity contribution < 1.29 is 9.59 Å². The molecular weight excluding hydrogens is 424 g/mol. The minimum absolute atomic E-state index is 0.0456. The lowest BCUT2D eigenvalue weighted by molar-refractivity contribution is -0.119. The first-order valence-electron chi connectivity index (χ1n) is 12.0. The van der Waals surface area contributed by atoms with Crippen LogP contribution in [-0.2, 0) is 4.79 Å². The molecule has 0 spiro atoms. The van der Waals surface area contributed by atoms with Crippen LogP contribution in [0.5, 0.6) is 0 Å². The molecule has 6 heteroatoms. The van der Waals surface area contributed by atoms with E-state index in [1.54, 1.807) is 4.90 Å². The molecule has 1 fully saturated rings. The van der Waals surface area contributed by atoms with Gasteiger partial charge in [-0.2, -0.15) is 0 Å². The summed E-state index contributed by atoms with van der Waals surface area (Å²) in [7, 11) is 0. The molecule has 1 saturated carbocycles. The molecule has 3 aromatic rings. The highest BCUT2D eigenvalue weighted by molar-refractivity contribution is 6.00. The topological polar surface area (TPSA) is 57.6 Å². The number of benzene rings is 2. The molecule has 0 radical (unpaired) electrons. The second kappa shape index (κ2) is 8.35. The standard InChI is InChI=1S/C28H32N4O2/c1-19-9-7-10-20(17-19)26-24-13-8-16-30(24)22-11-5-6-12-23(22)32(26)25(33)18-31(21-14-15-21)27(34)29-28(2,3)4/h5-13,16-17,21,26H,14-15,18H2,1-4H3,(H,29,34). The number of urea groups is 1. The summed E-state index contributed by atoms with van der Waals surface area (Å²) in [5.74, 6) is -0.0811. The van der Waals surface area contributed by atoms with Crippen molar-refractivity contribution in [3.8, 4) is 5.69 Å². The lowest BCUT2D eigenvalue weighted by Gasteiger charge is -2.40. The average molecular weight is 457 g/mol. The maximum Gasteiger partial charge on any atom is 0.318 e. The number of hydrogen-bond donors (Lipinski definition) is 1. The van der Waals surface area contributed by atoms with Gasteiger partial charge in [0, 0.05) is 17.8 Å². The second-order valence-electron chi connectivity index (χ2n) is 10.4. The zero-order valence-electron chi connectivity index (χ0n) is 20.3. The monoisotopic (exact) mass is 456 g/mol. The molecule has 2 aliphatic rings. The van der Waals surface area contributed by atoms with E-state index in [-0.39, 0.29) is 36.1 Å². The summed E-state index contributed by atoms with van der Waals surface area (Å²) in [6.45, 7) is 7.99. The number of nitrogens with one attached hydrogen (secondary N) is 1. The van der Waals surface area contributed by atoms with E-state index < -0.39 is 0 Å². The number of fused-ring (bicyclic) bond motifs is 3. The van der Waals surface area contributed by atoms with Gasteiger partial charge >= 0.3 is 6.03 Å². The van der Waals surface area contributed by atoms with Crippen molar-refractivity contribution in [2.75, 3.05) is 11.4 Å². The zero-order chi connectivity index (χ0) is 24.0. The highest BCUT2D eigenvalue weighted by Gasteiger charge is 2.40. The molecule has 1 unspecified atom stereocenters. The third kappa shape index (κ3) is 4.20. The third-order valence-electron chi connectivity index (χ3n) is 6.38. The van der Waals surface area contributed by atoms with Gasteiger partial charge in [-0.25, -0.2) is 4.79 Å². The Balaban J connectivity index is 1.56. The van der Waals surface area contributed by atoms with Crippen LogP contribution in [0.4, 0.5) is 10.5 Å². The van der Waals surface area contributed by atoms with Crippen molar-refractivity contribution >= 4 is 17.6 Å². The van der Waals surface area contributed by atoms with Crippen LogP contribution in [0.1, 0.15) is 56.5 Å². The second-order valence-corrected chi connectivity index (χ2v) is 10.4. The molecule has 0 bridgehead atoms. The van der Waals surface area contributed by atoms with Gasteiger partial charge < -0.3 is 14.8 Å². The fraction of sp³-hybridized carbons (Fsp3) is 0.357. The van der Waals surface area contributed by atoms with Crippen LogP contribution in [0.25, 0.3) is 5.69 Å². The molecule has 1 atom stereocenters. The molecule has 34 heavy (non-hydrogen) atoms. The maximum atomic E-state index is 14.1. The van der Waals surface area contributed by atoms with Gasteiger partial charge in [-0.15, -0.1) is 0 Å². The minimum Gasteiger partial charge on any atom is -0.333 e. The highest BCUT2D eigenvalue weighted by atomic mass is 16.2. The van der Waals surface area contributed by atoms with E-state index in [0.717, 1.165) is 41.0 Å². The van der Waals surface area contributed by atoms with E-state index in [2.05, 4.69) is 41.1 Å². The van der Waals surface area contributed by atoms with E-state index in [1.807, 2.05) is 68.3 Å². The molecule has 1 aromatic heterocycles. The Bertz CT molecular complexity index is 1230. The first-order valence-corrected chi connectivity index (χ1v) is 12.0. The fourth-order valence-corrected chi connectivity index (χ4v) is 4.79. The molecule has 2 aromatic carbocycles. The van der Waals surface area contributed by atoms with Crippen LogP contribution in [0.2, 0.25) is 0 Å². The van der Waals surface area contributed by atoms with Crippen LogP contribution in [-0.4, -0.2) is 39.5 Å². The van der Waals surface area contributed by atoms with Crippen LogP contribution >= 0.6 is 0 Å². The van der Waals surface area contributed by atoms with Gasteiger partial charge in [0.2, 0.25) is 5.91 Å². The Labute approximate surface area is 201 Å². The molecule has 0 saturated heterocycles. The number of anilines is 1. The van der Waals surface area contributed by atoms with Gasteiger partial charge in [0.05, 0.1) is 17.1 Å². The molecule has 6 nitrogen and oxygen atoms in total. The lowest BCUT2D eigenvalue weighted by atomic mass is 9.96.